The molecule has 1 saturated carbocycles. The fourth-order valence-electron chi connectivity index (χ4n) is 3.75. The summed E-state index contributed by atoms with van der Waals surface area (Å²) in [4.78, 5) is 13.4. The maximum Gasteiger partial charge on any atom is 0.303 e. The van der Waals surface area contributed by atoms with Crippen LogP contribution in [0.25, 0.3) is 0 Å². The van der Waals surface area contributed by atoms with Crippen molar-refractivity contribution < 1.29 is 9.90 Å². The molecule has 1 aliphatic carbocycles. The van der Waals surface area contributed by atoms with E-state index < -0.39 is 5.97 Å². The zero-order valence-electron chi connectivity index (χ0n) is 15.3. The lowest BCUT2D eigenvalue weighted by atomic mass is 9.92. The molecule has 4 nitrogen and oxygen atoms in total. The van der Waals surface area contributed by atoms with E-state index in [-0.39, 0.29) is 12.3 Å². The predicted octanol–water partition coefficient (Wildman–Crippen LogP) is 4.64. The van der Waals surface area contributed by atoms with E-state index in [1.165, 1.54) is 32.1 Å². The molecule has 3 N–H and O–H groups in total. The predicted molar refractivity (Wildman–Crippen MR) is 101 cm³/mol. The maximum absolute atomic E-state index is 10.9. The van der Waals surface area contributed by atoms with Gasteiger partial charge in [0.2, 0.25) is 0 Å². The van der Waals surface area contributed by atoms with Crippen molar-refractivity contribution >= 4 is 17.3 Å². The van der Waals surface area contributed by atoms with Gasteiger partial charge in [0.1, 0.15) is 0 Å². The molecule has 0 aromatic heterocycles. The fourth-order valence-corrected chi connectivity index (χ4v) is 3.75. The summed E-state index contributed by atoms with van der Waals surface area (Å²) >= 11 is 0. The molecule has 1 aromatic rings. The minimum Gasteiger partial charge on any atom is -0.481 e. The lowest BCUT2D eigenvalue weighted by Crippen LogP contribution is -2.39. The van der Waals surface area contributed by atoms with Crippen molar-refractivity contribution in [2.24, 2.45) is 5.92 Å². The van der Waals surface area contributed by atoms with Gasteiger partial charge in [-0.3, -0.25) is 4.79 Å². The Morgan fingerprint density at radius 3 is 2.46 bits per heavy atom. The van der Waals surface area contributed by atoms with Crippen LogP contribution in [0.4, 0.5) is 11.4 Å². The Kier molecular flexibility index (Phi) is 6.52. The Bertz CT molecular complexity index is 551. The number of nitrogens with two attached hydrogens (primary N) is 1. The highest BCUT2D eigenvalue weighted by Gasteiger charge is 2.24. The van der Waals surface area contributed by atoms with Crippen LogP contribution in [0.3, 0.4) is 0 Å². The van der Waals surface area contributed by atoms with E-state index in [2.05, 4.69) is 30.9 Å². The molecule has 0 saturated heterocycles. The third-order valence-corrected chi connectivity index (χ3v) is 4.99. The number of carboxylic acid groups (broad SMARTS) is 1. The quantitative estimate of drug-likeness (QED) is 0.714. The first-order valence-corrected chi connectivity index (χ1v) is 9.26. The number of carbonyl (C=O) groups is 1. The molecular weight excluding hydrogens is 300 g/mol. The van der Waals surface area contributed by atoms with Gasteiger partial charge in [-0.25, -0.2) is 0 Å². The zero-order valence-corrected chi connectivity index (χ0v) is 15.3. The molecule has 1 atom stereocenters. The second-order valence-electron chi connectivity index (χ2n) is 7.66. The maximum atomic E-state index is 10.9. The van der Waals surface area contributed by atoms with Crippen molar-refractivity contribution in [2.75, 3.05) is 17.2 Å². The molecule has 134 valence electrons. The molecule has 1 aromatic carbocycles. The van der Waals surface area contributed by atoms with Gasteiger partial charge < -0.3 is 15.7 Å². The highest BCUT2D eigenvalue weighted by Crippen LogP contribution is 2.34. The van der Waals surface area contributed by atoms with Crippen molar-refractivity contribution in [3.8, 4) is 0 Å². The third kappa shape index (κ3) is 4.89. The van der Waals surface area contributed by atoms with Gasteiger partial charge in [0.15, 0.2) is 0 Å². The van der Waals surface area contributed by atoms with E-state index in [1.54, 1.807) is 0 Å². The summed E-state index contributed by atoms with van der Waals surface area (Å²) in [7, 11) is 0. The highest BCUT2D eigenvalue weighted by molar-refractivity contribution is 5.71. The van der Waals surface area contributed by atoms with E-state index in [1.807, 2.05) is 13.0 Å². The van der Waals surface area contributed by atoms with Gasteiger partial charge in [-0.05, 0) is 42.4 Å². The van der Waals surface area contributed by atoms with Gasteiger partial charge >= 0.3 is 5.97 Å². The highest BCUT2D eigenvalue weighted by atomic mass is 16.4. The van der Waals surface area contributed by atoms with E-state index in [0.717, 1.165) is 23.5 Å². The molecule has 1 fully saturated rings. The van der Waals surface area contributed by atoms with Gasteiger partial charge in [-0.2, -0.15) is 0 Å². The summed E-state index contributed by atoms with van der Waals surface area (Å²) in [6.07, 6.45) is 6.55. The summed E-state index contributed by atoms with van der Waals surface area (Å²) in [6.45, 7) is 7.44. The van der Waals surface area contributed by atoms with Gasteiger partial charge in [0.25, 0.3) is 0 Å². The zero-order chi connectivity index (χ0) is 17.7. The molecular formula is C20H32N2O2. The van der Waals surface area contributed by atoms with Crippen LogP contribution in [0.15, 0.2) is 18.2 Å². The van der Waals surface area contributed by atoms with Crippen molar-refractivity contribution in [3.05, 3.63) is 23.8 Å². The van der Waals surface area contributed by atoms with Crippen LogP contribution < -0.4 is 10.6 Å². The number of hydrogen-bond acceptors (Lipinski definition) is 3. The minimum atomic E-state index is -0.770. The van der Waals surface area contributed by atoms with Gasteiger partial charge in [-0.1, -0.05) is 46.1 Å². The van der Waals surface area contributed by atoms with Crippen LogP contribution in [-0.2, 0) is 4.79 Å². The monoisotopic (exact) mass is 332 g/mol. The molecule has 4 heteroatoms. The van der Waals surface area contributed by atoms with E-state index >= 15 is 0 Å². The summed E-state index contributed by atoms with van der Waals surface area (Å²) in [5.41, 5.74) is 9.28. The van der Waals surface area contributed by atoms with Crippen LogP contribution in [0, 0.1) is 5.92 Å². The number of aliphatic carboxylic acids is 1. The third-order valence-electron chi connectivity index (χ3n) is 4.99. The molecule has 1 unspecified atom stereocenters. The van der Waals surface area contributed by atoms with Crippen LogP contribution in [-0.4, -0.2) is 23.7 Å². The number of nitrogens with zero attached hydrogens (tertiary/aromatic N) is 1. The number of rotatable bonds is 7. The van der Waals surface area contributed by atoms with Crippen LogP contribution in [0.1, 0.15) is 70.8 Å². The number of carboxylic acids is 1. The lowest BCUT2D eigenvalue weighted by molar-refractivity contribution is -0.137. The molecule has 0 bridgehead atoms. The molecule has 0 spiro atoms. The number of anilines is 2. The SMILES string of the molecule is CC(C)CN(c1ccc(C(C)CC(=O)O)cc1N)C1CCCCC1. The van der Waals surface area contributed by atoms with Crippen LogP contribution in [0.2, 0.25) is 0 Å². The van der Waals surface area contributed by atoms with Gasteiger partial charge in [-0.15, -0.1) is 0 Å². The number of nitrogen functional groups attached to an aromatic ring is 1. The Balaban J connectivity index is 2.24. The standard InChI is InChI=1S/C20H32N2O2/c1-14(2)13-22(17-7-5-4-6-8-17)19-10-9-16(12-18(19)21)15(3)11-20(23)24/h9-10,12,14-15,17H,4-8,11,13,21H2,1-3H3,(H,23,24). The fraction of sp³-hybridized carbons (Fsp3) is 0.650. The minimum absolute atomic E-state index is 0.0212. The second-order valence-corrected chi connectivity index (χ2v) is 7.66. The summed E-state index contributed by atoms with van der Waals surface area (Å²) in [5.74, 6) is -0.210. The Labute approximate surface area is 146 Å². The first-order chi connectivity index (χ1) is 11.4. The molecule has 0 heterocycles. The second kappa shape index (κ2) is 8.41. The molecule has 2 rings (SSSR count). The van der Waals surface area contributed by atoms with Crippen molar-refractivity contribution in [3.63, 3.8) is 0 Å². The van der Waals surface area contributed by atoms with Gasteiger partial charge in [0.05, 0.1) is 17.8 Å². The summed E-state index contributed by atoms with van der Waals surface area (Å²) < 4.78 is 0. The molecule has 1 aliphatic rings. The van der Waals surface area contributed by atoms with Crippen molar-refractivity contribution in [1.82, 2.24) is 0 Å². The first-order valence-electron chi connectivity index (χ1n) is 9.26. The van der Waals surface area contributed by atoms with E-state index in [4.69, 9.17) is 10.8 Å². The average molecular weight is 332 g/mol. The van der Waals surface area contributed by atoms with Gasteiger partial charge in [0, 0.05) is 12.6 Å². The summed E-state index contributed by atoms with van der Waals surface area (Å²) in [5, 5.41) is 8.99. The largest absolute Gasteiger partial charge is 0.481 e. The Morgan fingerprint density at radius 1 is 1.25 bits per heavy atom. The molecule has 24 heavy (non-hydrogen) atoms. The van der Waals surface area contributed by atoms with E-state index in [9.17, 15) is 4.79 Å². The molecule has 0 amide bonds. The van der Waals surface area contributed by atoms with Crippen LogP contribution >= 0.6 is 0 Å². The summed E-state index contributed by atoms with van der Waals surface area (Å²) in [6, 6.07) is 6.69. The van der Waals surface area contributed by atoms with Crippen LogP contribution in [0.5, 0.6) is 0 Å². The number of benzene rings is 1. The Hall–Kier alpha value is -1.71. The topological polar surface area (TPSA) is 66.6 Å². The van der Waals surface area contributed by atoms with E-state index in [0.29, 0.717) is 12.0 Å². The smallest absolute Gasteiger partial charge is 0.303 e. The Morgan fingerprint density at radius 2 is 1.92 bits per heavy atom. The molecule has 0 aliphatic heterocycles. The van der Waals surface area contributed by atoms with Crippen molar-refractivity contribution in [1.29, 1.82) is 0 Å². The first kappa shape index (κ1) is 18.6. The molecule has 0 radical (unpaired) electrons. The van der Waals surface area contributed by atoms with Crippen molar-refractivity contribution in [2.45, 2.75) is 71.3 Å². The lowest BCUT2D eigenvalue weighted by Gasteiger charge is -2.38. The normalized spacial score (nSPS) is 17.0. The average Bonchev–Trinajstić information content (AvgIpc) is 2.53. The number of hydrogen-bond donors (Lipinski definition) is 2.